The summed E-state index contributed by atoms with van der Waals surface area (Å²) in [5.41, 5.74) is 9.97. The van der Waals surface area contributed by atoms with E-state index in [2.05, 4.69) is 121 Å². The van der Waals surface area contributed by atoms with Crippen molar-refractivity contribution >= 4 is 109 Å². The highest BCUT2D eigenvalue weighted by Gasteiger charge is 2.27. The molecule has 0 radical (unpaired) electrons. The SMILES string of the molecule is c1ccc2c(c1)oc1c2cc(-c2c3ccccc3c(-c3cc4sc5ccccc5c4c4c3CCS4)c3ccccc23)c2oc3ccccc3c21. The molecule has 0 atom stereocenters. The third-order valence-electron chi connectivity index (χ3n) is 10.8. The van der Waals surface area contributed by atoms with Crippen molar-refractivity contribution in [3.05, 3.63) is 139 Å². The molecule has 1 aliphatic heterocycles. The first-order valence-electron chi connectivity index (χ1n) is 17.1. The number of rotatable bonds is 2. The maximum atomic E-state index is 6.83. The molecular formula is C46H26O2S2. The Morgan fingerprint density at radius 3 is 1.72 bits per heavy atom. The smallest absolute Gasteiger partial charge is 0.147 e. The van der Waals surface area contributed by atoms with Gasteiger partial charge in [0.25, 0.3) is 0 Å². The minimum atomic E-state index is 0.866. The van der Waals surface area contributed by atoms with Gasteiger partial charge in [-0.25, -0.2) is 0 Å². The van der Waals surface area contributed by atoms with Crippen LogP contribution in [0, 0.1) is 0 Å². The predicted octanol–water partition coefficient (Wildman–Crippen LogP) is 14.1. The average Bonchev–Trinajstić information content (AvgIpc) is 3.95. The van der Waals surface area contributed by atoms with Gasteiger partial charge in [0.1, 0.15) is 22.3 Å². The summed E-state index contributed by atoms with van der Waals surface area (Å²) in [6, 6.07) is 48.5. The van der Waals surface area contributed by atoms with Crippen molar-refractivity contribution in [3.63, 3.8) is 0 Å². The largest absolute Gasteiger partial charge is 0.455 e. The molecule has 0 aliphatic carbocycles. The fourth-order valence-corrected chi connectivity index (χ4v) is 11.2. The summed E-state index contributed by atoms with van der Waals surface area (Å²) in [7, 11) is 0. The zero-order valence-electron chi connectivity index (χ0n) is 26.7. The molecule has 0 amide bonds. The topological polar surface area (TPSA) is 26.3 Å². The van der Waals surface area contributed by atoms with Gasteiger partial charge in [-0.15, -0.1) is 23.1 Å². The molecule has 1 aliphatic rings. The van der Waals surface area contributed by atoms with Gasteiger partial charge >= 0.3 is 0 Å². The lowest BCUT2D eigenvalue weighted by Gasteiger charge is -2.20. The van der Waals surface area contributed by atoms with Crippen LogP contribution in [0.15, 0.2) is 147 Å². The van der Waals surface area contributed by atoms with Gasteiger partial charge in [-0.1, -0.05) is 103 Å². The van der Waals surface area contributed by atoms with Crippen molar-refractivity contribution in [2.45, 2.75) is 11.3 Å². The number of hydrogen-bond donors (Lipinski definition) is 0. The van der Waals surface area contributed by atoms with Gasteiger partial charge in [-0.2, -0.15) is 0 Å². The van der Waals surface area contributed by atoms with Gasteiger partial charge in [0, 0.05) is 58.1 Å². The van der Waals surface area contributed by atoms with Gasteiger partial charge < -0.3 is 8.83 Å². The van der Waals surface area contributed by atoms with Crippen LogP contribution in [0.25, 0.3) is 108 Å². The Balaban J connectivity index is 1.26. The Labute approximate surface area is 294 Å². The van der Waals surface area contributed by atoms with E-state index in [1.807, 2.05) is 35.2 Å². The van der Waals surface area contributed by atoms with Crippen LogP contribution >= 0.6 is 23.1 Å². The minimum absolute atomic E-state index is 0.866. The lowest BCUT2D eigenvalue weighted by atomic mass is 9.83. The average molecular weight is 675 g/mol. The van der Waals surface area contributed by atoms with Crippen molar-refractivity contribution in [1.82, 2.24) is 0 Å². The first-order valence-corrected chi connectivity index (χ1v) is 18.9. The number of hydrogen-bond acceptors (Lipinski definition) is 4. The second-order valence-electron chi connectivity index (χ2n) is 13.3. The summed E-state index contributed by atoms with van der Waals surface area (Å²) in [5, 5.41) is 12.1. The molecule has 234 valence electrons. The summed E-state index contributed by atoms with van der Waals surface area (Å²) in [6.07, 6.45) is 1.07. The van der Waals surface area contributed by atoms with Crippen molar-refractivity contribution < 1.29 is 8.83 Å². The van der Waals surface area contributed by atoms with Crippen LogP contribution in [-0.4, -0.2) is 5.75 Å². The maximum Gasteiger partial charge on any atom is 0.147 e. The Kier molecular flexibility index (Phi) is 5.46. The van der Waals surface area contributed by atoms with E-state index in [1.54, 1.807) is 0 Å². The van der Waals surface area contributed by atoms with E-state index in [1.165, 1.54) is 68.9 Å². The fourth-order valence-electron chi connectivity index (χ4n) is 8.74. The summed E-state index contributed by atoms with van der Waals surface area (Å²) < 4.78 is 16.2. The molecule has 12 rings (SSSR count). The third-order valence-corrected chi connectivity index (χ3v) is 13.0. The van der Waals surface area contributed by atoms with Gasteiger partial charge in [0.05, 0.1) is 5.39 Å². The van der Waals surface area contributed by atoms with Crippen molar-refractivity contribution in [2.75, 3.05) is 5.75 Å². The van der Waals surface area contributed by atoms with E-state index >= 15 is 0 Å². The van der Waals surface area contributed by atoms with Crippen LogP contribution in [0.1, 0.15) is 5.56 Å². The highest BCUT2D eigenvalue weighted by molar-refractivity contribution is 7.99. The van der Waals surface area contributed by atoms with Crippen molar-refractivity contribution in [3.8, 4) is 22.3 Å². The number of para-hydroxylation sites is 2. The lowest BCUT2D eigenvalue weighted by Crippen LogP contribution is -1.94. The van der Waals surface area contributed by atoms with Crippen LogP contribution < -0.4 is 0 Å². The monoisotopic (exact) mass is 674 g/mol. The molecule has 0 spiro atoms. The summed E-state index contributed by atoms with van der Waals surface area (Å²) in [4.78, 5) is 1.47. The van der Waals surface area contributed by atoms with E-state index in [-0.39, 0.29) is 0 Å². The molecule has 50 heavy (non-hydrogen) atoms. The number of thioether (sulfide) groups is 1. The Morgan fingerprint density at radius 1 is 0.440 bits per heavy atom. The molecule has 0 N–H and O–H groups in total. The Hall–Kier alpha value is -5.55. The molecule has 0 unspecified atom stereocenters. The molecule has 0 fully saturated rings. The molecule has 11 aromatic rings. The van der Waals surface area contributed by atoms with E-state index < -0.39 is 0 Å². The van der Waals surface area contributed by atoms with Crippen LogP contribution in [0.3, 0.4) is 0 Å². The summed E-state index contributed by atoms with van der Waals surface area (Å²) >= 11 is 3.95. The normalized spacial score (nSPS) is 13.4. The Morgan fingerprint density at radius 2 is 1.00 bits per heavy atom. The Bertz CT molecular complexity index is 3190. The van der Waals surface area contributed by atoms with E-state index in [0.717, 1.165) is 61.6 Å². The molecule has 8 aromatic carbocycles. The van der Waals surface area contributed by atoms with Gasteiger partial charge in [-0.05, 0) is 75.0 Å². The predicted molar refractivity (Wildman–Crippen MR) is 214 cm³/mol. The molecule has 0 saturated heterocycles. The minimum Gasteiger partial charge on any atom is -0.455 e. The van der Waals surface area contributed by atoms with E-state index in [4.69, 9.17) is 8.83 Å². The number of benzene rings is 8. The van der Waals surface area contributed by atoms with Crippen LogP contribution in [0.2, 0.25) is 0 Å². The van der Waals surface area contributed by atoms with Crippen molar-refractivity contribution in [2.24, 2.45) is 0 Å². The quantitative estimate of drug-likeness (QED) is 0.171. The summed E-state index contributed by atoms with van der Waals surface area (Å²) in [6.45, 7) is 0. The first-order chi connectivity index (χ1) is 24.8. The number of fused-ring (bicyclic) bond motifs is 14. The fraction of sp³-hybridized carbons (Fsp3) is 0.0435. The van der Waals surface area contributed by atoms with E-state index in [9.17, 15) is 0 Å². The maximum absolute atomic E-state index is 6.83. The number of furan rings is 2. The second-order valence-corrected chi connectivity index (χ2v) is 15.5. The molecule has 2 nitrogen and oxygen atoms in total. The molecular weight excluding hydrogens is 649 g/mol. The highest BCUT2D eigenvalue weighted by atomic mass is 32.2. The molecule has 0 saturated carbocycles. The zero-order valence-corrected chi connectivity index (χ0v) is 28.4. The van der Waals surface area contributed by atoms with Crippen LogP contribution in [0.5, 0.6) is 0 Å². The van der Waals surface area contributed by atoms with Crippen LogP contribution in [0.4, 0.5) is 0 Å². The zero-order chi connectivity index (χ0) is 32.5. The van der Waals surface area contributed by atoms with Crippen molar-refractivity contribution in [1.29, 1.82) is 0 Å². The third kappa shape index (κ3) is 3.54. The molecule has 0 bridgehead atoms. The summed E-state index contributed by atoms with van der Waals surface area (Å²) in [5.74, 6) is 1.11. The van der Waals surface area contributed by atoms with Crippen LogP contribution in [-0.2, 0) is 6.42 Å². The molecule has 4 heterocycles. The highest BCUT2D eigenvalue weighted by Crippen LogP contribution is 2.53. The standard InChI is InChI=1S/C46H26O2S2/c1-3-14-28-26(12-1)40(33-24-39-42(46-30(33)21-22-49-46)32-17-7-10-20-38(32)50-39)27-13-2-4-15-29(27)41(28)35-23-34-25-11-5-8-18-36(25)47-44(34)43-31-16-6-9-19-37(31)48-45(35)43/h1-20,23-24H,21-22H2. The van der Waals surface area contributed by atoms with Gasteiger partial charge in [-0.3, -0.25) is 0 Å². The second kappa shape index (κ2) is 10.0. The molecule has 4 heteroatoms. The molecule has 3 aromatic heterocycles. The lowest BCUT2D eigenvalue weighted by molar-refractivity contribution is 0.663. The first kappa shape index (κ1) is 27.3. The van der Waals surface area contributed by atoms with Gasteiger partial charge in [0.15, 0.2) is 0 Å². The van der Waals surface area contributed by atoms with Gasteiger partial charge in [0.2, 0.25) is 0 Å². The van der Waals surface area contributed by atoms with E-state index in [0.29, 0.717) is 0 Å². The number of thiophene rings is 1.